The van der Waals surface area contributed by atoms with Gasteiger partial charge in [0, 0.05) is 24.5 Å². The molecule has 2 fully saturated rings. The van der Waals surface area contributed by atoms with Gasteiger partial charge >= 0.3 is 6.09 Å². The van der Waals surface area contributed by atoms with Crippen LogP contribution in [0.2, 0.25) is 0 Å². The van der Waals surface area contributed by atoms with Crippen LogP contribution in [0.3, 0.4) is 0 Å². The molecule has 1 aliphatic carbocycles. The third kappa shape index (κ3) is 2.32. The van der Waals surface area contributed by atoms with Gasteiger partial charge in [-0.05, 0) is 40.0 Å². The molecule has 0 bridgehead atoms. The van der Waals surface area contributed by atoms with Gasteiger partial charge in [0.1, 0.15) is 5.60 Å². The first-order valence-corrected chi connectivity index (χ1v) is 6.06. The van der Waals surface area contributed by atoms with Gasteiger partial charge in [-0.1, -0.05) is 0 Å². The van der Waals surface area contributed by atoms with Crippen molar-refractivity contribution >= 4 is 6.09 Å². The van der Waals surface area contributed by atoms with E-state index in [-0.39, 0.29) is 17.6 Å². The zero-order valence-corrected chi connectivity index (χ0v) is 10.5. The Morgan fingerprint density at radius 1 is 1.44 bits per heavy atom. The number of hydrogen-bond donors (Lipinski definition) is 1. The average molecular weight is 226 g/mol. The molecule has 16 heavy (non-hydrogen) atoms. The summed E-state index contributed by atoms with van der Waals surface area (Å²) >= 11 is 0. The van der Waals surface area contributed by atoms with Gasteiger partial charge in [-0.25, -0.2) is 4.79 Å². The molecule has 1 saturated carbocycles. The van der Waals surface area contributed by atoms with E-state index in [0.717, 1.165) is 32.4 Å². The fourth-order valence-corrected chi connectivity index (χ4v) is 2.35. The Kier molecular flexibility index (Phi) is 2.65. The van der Waals surface area contributed by atoms with Crippen molar-refractivity contribution in [2.45, 2.75) is 51.7 Å². The average Bonchev–Trinajstić information content (AvgIpc) is 2.88. The second-order valence-corrected chi connectivity index (χ2v) is 6.16. The molecule has 0 aromatic carbocycles. The number of likely N-dealkylation sites (tertiary alicyclic amines) is 1. The van der Waals surface area contributed by atoms with E-state index in [4.69, 9.17) is 10.5 Å². The van der Waals surface area contributed by atoms with Gasteiger partial charge in [0.15, 0.2) is 0 Å². The maximum Gasteiger partial charge on any atom is 0.410 e. The molecule has 1 atom stereocenters. The highest BCUT2D eigenvalue weighted by molar-refractivity contribution is 5.68. The molecule has 1 spiro atoms. The zero-order chi connectivity index (χ0) is 12.0. The molecule has 4 heteroatoms. The van der Waals surface area contributed by atoms with Crippen LogP contribution in [0.15, 0.2) is 0 Å². The van der Waals surface area contributed by atoms with Gasteiger partial charge < -0.3 is 15.4 Å². The van der Waals surface area contributed by atoms with Crippen molar-refractivity contribution in [3.8, 4) is 0 Å². The van der Waals surface area contributed by atoms with Crippen molar-refractivity contribution in [3.63, 3.8) is 0 Å². The van der Waals surface area contributed by atoms with Crippen LogP contribution >= 0.6 is 0 Å². The molecule has 2 N–H and O–H groups in total. The minimum Gasteiger partial charge on any atom is -0.444 e. The molecular weight excluding hydrogens is 204 g/mol. The van der Waals surface area contributed by atoms with Gasteiger partial charge in [-0.15, -0.1) is 0 Å². The molecule has 1 heterocycles. The fraction of sp³-hybridized carbons (Fsp3) is 0.917. The Bertz CT molecular complexity index is 292. The van der Waals surface area contributed by atoms with Gasteiger partial charge in [-0.3, -0.25) is 0 Å². The highest BCUT2D eigenvalue weighted by Crippen LogP contribution is 2.51. The Morgan fingerprint density at radius 3 is 2.56 bits per heavy atom. The van der Waals surface area contributed by atoms with Crippen LogP contribution in [0.1, 0.15) is 40.0 Å². The summed E-state index contributed by atoms with van der Waals surface area (Å²) in [5.41, 5.74) is 5.89. The van der Waals surface area contributed by atoms with E-state index in [1.54, 1.807) is 0 Å². The first-order valence-electron chi connectivity index (χ1n) is 6.06. The summed E-state index contributed by atoms with van der Waals surface area (Å²) < 4.78 is 5.38. The Balaban J connectivity index is 1.94. The van der Waals surface area contributed by atoms with E-state index in [1.807, 2.05) is 25.7 Å². The maximum atomic E-state index is 11.9. The Morgan fingerprint density at radius 2 is 2.06 bits per heavy atom. The molecule has 92 valence electrons. The Hall–Kier alpha value is -0.770. The van der Waals surface area contributed by atoms with Crippen molar-refractivity contribution in [1.82, 2.24) is 4.90 Å². The van der Waals surface area contributed by atoms with Gasteiger partial charge in [0.25, 0.3) is 0 Å². The van der Waals surface area contributed by atoms with Crippen LogP contribution in [-0.2, 0) is 4.74 Å². The lowest BCUT2D eigenvalue weighted by molar-refractivity contribution is 0.0126. The lowest BCUT2D eigenvalue weighted by atomic mass is 9.90. The number of nitrogens with zero attached hydrogens (tertiary/aromatic N) is 1. The SMILES string of the molecule is CC(C)(C)OC(=O)N1CC[C@@H](N)C2(CC2)C1. The summed E-state index contributed by atoms with van der Waals surface area (Å²) in [5, 5.41) is 0. The summed E-state index contributed by atoms with van der Waals surface area (Å²) in [6, 6.07) is 0.270. The first-order chi connectivity index (χ1) is 7.32. The smallest absolute Gasteiger partial charge is 0.410 e. The summed E-state index contributed by atoms with van der Waals surface area (Å²) in [6.45, 7) is 7.20. The maximum absolute atomic E-state index is 11.9. The minimum atomic E-state index is -0.409. The largest absolute Gasteiger partial charge is 0.444 e. The van der Waals surface area contributed by atoms with E-state index in [1.165, 1.54) is 0 Å². The number of piperidine rings is 1. The van der Waals surface area contributed by atoms with Crippen molar-refractivity contribution in [3.05, 3.63) is 0 Å². The first kappa shape index (κ1) is 11.7. The second-order valence-electron chi connectivity index (χ2n) is 6.16. The van der Waals surface area contributed by atoms with Crippen LogP contribution in [0, 0.1) is 5.41 Å². The summed E-state index contributed by atoms with van der Waals surface area (Å²) in [5.74, 6) is 0. The number of rotatable bonds is 0. The molecule has 1 saturated heterocycles. The summed E-state index contributed by atoms with van der Waals surface area (Å²) in [7, 11) is 0. The lowest BCUT2D eigenvalue weighted by Crippen LogP contribution is -2.51. The monoisotopic (exact) mass is 226 g/mol. The topological polar surface area (TPSA) is 55.6 Å². The van der Waals surface area contributed by atoms with E-state index < -0.39 is 5.60 Å². The quantitative estimate of drug-likeness (QED) is 0.684. The molecule has 2 rings (SSSR count). The van der Waals surface area contributed by atoms with Crippen LogP contribution in [0.5, 0.6) is 0 Å². The number of carbonyl (C=O) groups is 1. The number of ether oxygens (including phenoxy) is 1. The van der Waals surface area contributed by atoms with Crippen LogP contribution in [0.25, 0.3) is 0 Å². The van der Waals surface area contributed by atoms with E-state index >= 15 is 0 Å². The molecule has 4 nitrogen and oxygen atoms in total. The van der Waals surface area contributed by atoms with Crippen molar-refractivity contribution in [2.75, 3.05) is 13.1 Å². The van der Waals surface area contributed by atoms with Crippen LogP contribution in [-0.4, -0.2) is 35.7 Å². The van der Waals surface area contributed by atoms with Crippen LogP contribution < -0.4 is 5.73 Å². The predicted molar refractivity (Wildman–Crippen MR) is 62.1 cm³/mol. The molecule has 0 unspecified atom stereocenters. The number of nitrogens with two attached hydrogens (primary N) is 1. The van der Waals surface area contributed by atoms with Crippen molar-refractivity contribution in [2.24, 2.45) is 11.1 Å². The number of hydrogen-bond acceptors (Lipinski definition) is 3. The molecular formula is C12H22N2O2. The molecule has 0 radical (unpaired) electrons. The highest BCUT2D eigenvalue weighted by Gasteiger charge is 2.52. The molecule has 2 aliphatic rings. The van der Waals surface area contributed by atoms with E-state index in [2.05, 4.69) is 0 Å². The Labute approximate surface area is 97.1 Å². The standard InChI is InChI=1S/C12H22N2O2/c1-11(2,3)16-10(15)14-7-4-9(13)12(8-14)5-6-12/h9H,4-8,13H2,1-3H3/t9-/m1/s1. The molecule has 1 aliphatic heterocycles. The van der Waals surface area contributed by atoms with Gasteiger partial charge in [0.05, 0.1) is 0 Å². The third-order valence-corrected chi connectivity index (χ3v) is 3.55. The molecule has 1 amide bonds. The van der Waals surface area contributed by atoms with E-state index in [0.29, 0.717) is 0 Å². The highest BCUT2D eigenvalue weighted by atomic mass is 16.6. The van der Waals surface area contributed by atoms with Crippen molar-refractivity contribution in [1.29, 1.82) is 0 Å². The third-order valence-electron chi connectivity index (χ3n) is 3.55. The van der Waals surface area contributed by atoms with Crippen molar-refractivity contribution < 1.29 is 9.53 Å². The normalized spacial score (nSPS) is 28.0. The van der Waals surface area contributed by atoms with Gasteiger partial charge in [0.2, 0.25) is 0 Å². The second kappa shape index (κ2) is 3.62. The molecule has 0 aromatic heterocycles. The number of amides is 1. The number of carbonyl (C=O) groups excluding carboxylic acids is 1. The molecule has 0 aromatic rings. The zero-order valence-electron chi connectivity index (χ0n) is 10.5. The summed E-state index contributed by atoms with van der Waals surface area (Å²) in [4.78, 5) is 13.7. The fourth-order valence-electron chi connectivity index (χ4n) is 2.35. The minimum absolute atomic E-state index is 0.189. The van der Waals surface area contributed by atoms with E-state index in [9.17, 15) is 4.79 Å². The van der Waals surface area contributed by atoms with Crippen LogP contribution in [0.4, 0.5) is 4.79 Å². The van der Waals surface area contributed by atoms with Gasteiger partial charge in [-0.2, -0.15) is 0 Å². The summed E-state index contributed by atoms with van der Waals surface area (Å²) in [6.07, 6.45) is 3.03. The predicted octanol–water partition coefficient (Wildman–Crippen LogP) is 1.73. The lowest BCUT2D eigenvalue weighted by Gasteiger charge is -2.37.